The SMILES string of the molecule is COc1cnc2c(-c3nc4ccc5c(c4s3)C[C@@H](C)O5)cc(C)cc2n1. The van der Waals surface area contributed by atoms with E-state index in [1.54, 1.807) is 24.6 Å². The molecular weight excluding hydrogens is 346 g/mol. The smallest absolute Gasteiger partial charge is 0.232 e. The molecule has 0 bridgehead atoms. The Morgan fingerprint density at radius 1 is 1.19 bits per heavy atom. The number of ether oxygens (including phenoxy) is 2. The first kappa shape index (κ1) is 15.5. The normalized spacial score (nSPS) is 16.0. The molecule has 2 aromatic carbocycles. The van der Waals surface area contributed by atoms with Gasteiger partial charge < -0.3 is 9.47 Å². The predicted molar refractivity (Wildman–Crippen MR) is 103 cm³/mol. The van der Waals surface area contributed by atoms with Gasteiger partial charge in [-0.05, 0) is 43.7 Å². The van der Waals surface area contributed by atoms with Crippen molar-refractivity contribution in [3.05, 3.63) is 41.6 Å². The molecule has 0 aliphatic carbocycles. The first-order valence-corrected chi connectivity index (χ1v) is 9.35. The number of fused-ring (bicyclic) bond motifs is 4. The summed E-state index contributed by atoms with van der Waals surface area (Å²) in [5, 5.41) is 0.959. The van der Waals surface area contributed by atoms with Gasteiger partial charge in [-0.25, -0.2) is 15.0 Å². The van der Waals surface area contributed by atoms with E-state index in [2.05, 4.69) is 29.9 Å². The molecule has 1 atom stereocenters. The van der Waals surface area contributed by atoms with Crippen LogP contribution in [0.1, 0.15) is 18.1 Å². The Morgan fingerprint density at radius 3 is 2.92 bits per heavy atom. The lowest BCUT2D eigenvalue weighted by molar-refractivity contribution is 0.254. The van der Waals surface area contributed by atoms with Gasteiger partial charge in [-0.15, -0.1) is 11.3 Å². The molecule has 2 aromatic heterocycles. The highest BCUT2D eigenvalue weighted by Crippen LogP contribution is 2.41. The molecule has 0 unspecified atom stereocenters. The van der Waals surface area contributed by atoms with Gasteiger partial charge in [0.05, 0.1) is 34.6 Å². The van der Waals surface area contributed by atoms with Crippen molar-refractivity contribution in [2.45, 2.75) is 26.4 Å². The van der Waals surface area contributed by atoms with Gasteiger partial charge in [0.2, 0.25) is 5.88 Å². The minimum atomic E-state index is 0.222. The second-order valence-electron chi connectivity index (χ2n) is 6.63. The minimum Gasteiger partial charge on any atom is -0.490 e. The van der Waals surface area contributed by atoms with E-state index in [1.807, 2.05) is 18.2 Å². The van der Waals surface area contributed by atoms with Crippen LogP contribution in [0.15, 0.2) is 30.5 Å². The van der Waals surface area contributed by atoms with E-state index in [9.17, 15) is 0 Å². The topological polar surface area (TPSA) is 57.1 Å². The molecule has 26 heavy (non-hydrogen) atoms. The molecule has 1 aliphatic heterocycles. The molecule has 0 spiro atoms. The van der Waals surface area contributed by atoms with Crippen LogP contribution in [0.25, 0.3) is 31.8 Å². The first-order chi connectivity index (χ1) is 12.6. The summed E-state index contributed by atoms with van der Waals surface area (Å²) in [6, 6.07) is 8.22. The summed E-state index contributed by atoms with van der Waals surface area (Å²) in [6.07, 6.45) is 2.81. The van der Waals surface area contributed by atoms with Crippen molar-refractivity contribution in [1.29, 1.82) is 0 Å². The number of aromatic nitrogens is 3. The highest BCUT2D eigenvalue weighted by atomic mass is 32.1. The van der Waals surface area contributed by atoms with E-state index in [4.69, 9.17) is 14.5 Å². The van der Waals surface area contributed by atoms with Gasteiger partial charge in [0, 0.05) is 17.5 Å². The summed E-state index contributed by atoms with van der Waals surface area (Å²) in [5.74, 6) is 1.50. The largest absolute Gasteiger partial charge is 0.490 e. The summed E-state index contributed by atoms with van der Waals surface area (Å²) >= 11 is 1.70. The third-order valence-corrected chi connectivity index (χ3v) is 5.81. The molecular formula is C20H17N3O2S. The van der Waals surface area contributed by atoms with E-state index in [0.717, 1.165) is 44.9 Å². The Bertz CT molecular complexity index is 1170. The monoisotopic (exact) mass is 363 g/mol. The van der Waals surface area contributed by atoms with Gasteiger partial charge in [0.1, 0.15) is 16.9 Å². The maximum Gasteiger partial charge on any atom is 0.232 e. The Balaban J connectivity index is 1.74. The molecule has 0 saturated carbocycles. The maximum absolute atomic E-state index is 5.89. The van der Waals surface area contributed by atoms with Crippen molar-refractivity contribution in [1.82, 2.24) is 15.0 Å². The number of aryl methyl sites for hydroxylation is 1. The zero-order chi connectivity index (χ0) is 17.8. The maximum atomic E-state index is 5.89. The zero-order valence-electron chi connectivity index (χ0n) is 14.7. The van der Waals surface area contributed by atoms with Crippen molar-refractivity contribution < 1.29 is 9.47 Å². The van der Waals surface area contributed by atoms with E-state index < -0.39 is 0 Å². The van der Waals surface area contributed by atoms with Crippen LogP contribution in [0.4, 0.5) is 0 Å². The van der Waals surface area contributed by atoms with Gasteiger partial charge in [-0.2, -0.15) is 0 Å². The van der Waals surface area contributed by atoms with Crippen LogP contribution >= 0.6 is 11.3 Å². The van der Waals surface area contributed by atoms with Crippen LogP contribution in [0.3, 0.4) is 0 Å². The van der Waals surface area contributed by atoms with Crippen molar-refractivity contribution in [2.75, 3.05) is 7.11 Å². The lowest BCUT2D eigenvalue weighted by atomic mass is 10.1. The molecule has 0 radical (unpaired) electrons. The van der Waals surface area contributed by atoms with Gasteiger partial charge in [-0.3, -0.25) is 0 Å². The summed E-state index contributed by atoms with van der Waals surface area (Å²) in [5.41, 5.74) is 6.08. The molecule has 3 heterocycles. The summed E-state index contributed by atoms with van der Waals surface area (Å²) in [4.78, 5) is 14.0. The lowest BCUT2D eigenvalue weighted by Crippen LogP contribution is -2.05. The standard InChI is InChI=1S/C20H17N3O2S/c1-10-6-13(18-15(7-10)22-17(24-3)9-21-18)20-23-14-4-5-16-12(19(14)26-20)8-11(2)25-16/h4-7,9,11H,8H2,1-3H3/t11-/m1/s1. The number of hydrogen-bond donors (Lipinski definition) is 0. The number of thiazole rings is 1. The van der Waals surface area contributed by atoms with Gasteiger partial charge in [0.25, 0.3) is 0 Å². The molecule has 0 saturated heterocycles. The molecule has 6 heteroatoms. The summed E-state index contributed by atoms with van der Waals surface area (Å²) < 4.78 is 12.3. The van der Waals surface area contributed by atoms with Gasteiger partial charge >= 0.3 is 0 Å². The number of benzene rings is 2. The first-order valence-electron chi connectivity index (χ1n) is 8.53. The Labute approximate surface area is 154 Å². The van der Waals surface area contributed by atoms with Crippen LogP contribution < -0.4 is 9.47 Å². The lowest BCUT2D eigenvalue weighted by Gasteiger charge is -2.06. The average molecular weight is 363 g/mol. The molecule has 0 fully saturated rings. The van der Waals surface area contributed by atoms with Crippen LogP contribution in [-0.2, 0) is 6.42 Å². The van der Waals surface area contributed by atoms with E-state index in [0.29, 0.717) is 5.88 Å². The second kappa shape index (κ2) is 5.64. The highest BCUT2D eigenvalue weighted by Gasteiger charge is 2.24. The fourth-order valence-electron chi connectivity index (χ4n) is 3.50. The average Bonchev–Trinajstić information content (AvgIpc) is 3.22. The Morgan fingerprint density at radius 2 is 2.08 bits per heavy atom. The molecule has 0 N–H and O–H groups in total. The fourth-order valence-corrected chi connectivity index (χ4v) is 4.63. The van der Waals surface area contributed by atoms with Crippen molar-refractivity contribution in [3.8, 4) is 22.2 Å². The Hall–Kier alpha value is -2.73. The molecule has 4 aromatic rings. The van der Waals surface area contributed by atoms with Crippen molar-refractivity contribution in [3.63, 3.8) is 0 Å². The predicted octanol–water partition coefficient (Wildman–Crippen LogP) is 4.55. The summed E-state index contributed by atoms with van der Waals surface area (Å²) in [7, 11) is 1.60. The van der Waals surface area contributed by atoms with Crippen molar-refractivity contribution in [2.24, 2.45) is 0 Å². The van der Waals surface area contributed by atoms with Crippen molar-refractivity contribution >= 4 is 32.6 Å². The Kier molecular flexibility index (Phi) is 3.37. The van der Waals surface area contributed by atoms with Crippen LogP contribution in [-0.4, -0.2) is 28.2 Å². The molecule has 5 rings (SSSR count). The third-order valence-electron chi connectivity index (χ3n) is 4.65. The van der Waals surface area contributed by atoms with E-state index in [-0.39, 0.29) is 6.10 Å². The number of rotatable bonds is 2. The second-order valence-corrected chi connectivity index (χ2v) is 7.63. The molecule has 130 valence electrons. The fraction of sp³-hybridized carbons (Fsp3) is 0.250. The molecule has 0 amide bonds. The number of nitrogens with zero attached hydrogens (tertiary/aromatic N) is 3. The van der Waals surface area contributed by atoms with E-state index >= 15 is 0 Å². The van der Waals surface area contributed by atoms with Crippen LogP contribution in [0, 0.1) is 6.92 Å². The zero-order valence-corrected chi connectivity index (χ0v) is 15.6. The molecule has 1 aliphatic rings. The summed E-state index contributed by atoms with van der Waals surface area (Å²) in [6.45, 7) is 4.16. The minimum absolute atomic E-state index is 0.222. The van der Waals surface area contributed by atoms with Gasteiger partial charge in [-0.1, -0.05) is 0 Å². The van der Waals surface area contributed by atoms with Crippen LogP contribution in [0.2, 0.25) is 0 Å². The molecule has 5 nitrogen and oxygen atoms in total. The number of methoxy groups -OCH3 is 1. The van der Waals surface area contributed by atoms with Crippen LogP contribution in [0.5, 0.6) is 11.6 Å². The van der Waals surface area contributed by atoms with Gasteiger partial charge in [0.15, 0.2) is 0 Å². The quantitative estimate of drug-likeness (QED) is 0.523. The third kappa shape index (κ3) is 2.33. The van der Waals surface area contributed by atoms with E-state index in [1.165, 1.54) is 10.3 Å². The number of hydrogen-bond acceptors (Lipinski definition) is 6. The highest BCUT2D eigenvalue weighted by molar-refractivity contribution is 7.22.